The summed E-state index contributed by atoms with van der Waals surface area (Å²) in [6.07, 6.45) is 3.83. The molecule has 0 aliphatic heterocycles. The van der Waals surface area contributed by atoms with E-state index in [1.54, 1.807) is 0 Å². The highest BCUT2D eigenvalue weighted by molar-refractivity contribution is 5.76. The molecule has 104 valence electrons. The molecule has 1 aliphatic rings. The van der Waals surface area contributed by atoms with E-state index in [-0.39, 0.29) is 11.9 Å². The van der Waals surface area contributed by atoms with Crippen LogP contribution in [0.5, 0.6) is 5.75 Å². The highest BCUT2D eigenvalue weighted by Crippen LogP contribution is 2.26. The van der Waals surface area contributed by atoms with Crippen LogP contribution in [0.2, 0.25) is 0 Å². The summed E-state index contributed by atoms with van der Waals surface area (Å²) in [6, 6.07) is 9.80. The lowest BCUT2D eigenvalue weighted by atomic mass is 10.00. The summed E-state index contributed by atoms with van der Waals surface area (Å²) < 4.78 is 5.51. The number of hydrogen-bond acceptors (Lipinski definition) is 3. The number of ether oxygens (including phenoxy) is 1. The molecule has 0 bridgehead atoms. The molecule has 1 amide bonds. The molecule has 1 aromatic carbocycles. The molecule has 1 aliphatic carbocycles. The Bertz CT molecular complexity index is 394. The first-order valence-corrected chi connectivity index (χ1v) is 6.96. The van der Waals surface area contributed by atoms with Gasteiger partial charge >= 0.3 is 0 Å². The summed E-state index contributed by atoms with van der Waals surface area (Å²) >= 11 is 0. The van der Waals surface area contributed by atoms with E-state index >= 15 is 0 Å². The van der Waals surface area contributed by atoms with E-state index in [4.69, 9.17) is 10.5 Å². The van der Waals surface area contributed by atoms with Crippen LogP contribution in [0.25, 0.3) is 0 Å². The maximum Gasteiger partial charge on any atom is 0.220 e. The van der Waals surface area contributed by atoms with Crippen molar-refractivity contribution in [1.82, 2.24) is 5.32 Å². The van der Waals surface area contributed by atoms with Crippen molar-refractivity contribution in [3.05, 3.63) is 30.3 Å². The van der Waals surface area contributed by atoms with E-state index in [0.29, 0.717) is 25.5 Å². The molecule has 4 nitrogen and oxygen atoms in total. The van der Waals surface area contributed by atoms with Crippen molar-refractivity contribution in [2.24, 2.45) is 11.7 Å². The van der Waals surface area contributed by atoms with Crippen LogP contribution in [0, 0.1) is 5.92 Å². The van der Waals surface area contributed by atoms with Crippen molar-refractivity contribution >= 4 is 5.91 Å². The van der Waals surface area contributed by atoms with Crippen LogP contribution in [0.3, 0.4) is 0 Å². The third-order valence-electron chi connectivity index (χ3n) is 3.60. The van der Waals surface area contributed by atoms with Gasteiger partial charge in [0.15, 0.2) is 0 Å². The monoisotopic (exact) mass is 262 g/mol. The molecule has 0 radical (unpaired) electrons. The summed E-state index contributed by atoms with van der Waals surface area (Å²) in [6.45, 7) is 1.03. The van der Waals surface area contributed by atoms with Gasteiger partial charge < -0.3 is 15.8 Å². The molecule has 1 saturated carbocycles. The van der Waals surface area contributed by atoms with Gasteiger partial charge in [0.2, 0.25) is 5.91 Å². The van der Waals surface area contributed by atoms with Crippen LogP contribution < -0.4 is 15.8 Å². The van der Waals surface area contributed by atoms with Crippen LogP contribution in [0.1, 0.15) is 25.7 Å². The number of nitrogens with two attached hydrogens (primary N) is 1. The Hall–Kier alpha value is -1.55. The van der Waals surface area contributed by atoms with Crippen molar-refractivity contribution < 1.29 is 9.53 Å². The van der Waals surface area contributed by atoms with E-state index < -0.39 is 0 Å². The lowest BCUT2D eigenvalue weighted by molar-refractivity contribution is -0.122. The van der Waals surface area contributed by atoms with E-state index in [9.17, 15) is 4.79 Å². The number of carbonyl (C=O) groups is 1. The summed E-state index contributed by atoms with van der Waals surface area (Å²) in [5, 5.41) is 2.88. The standard InChI is InChI=1S/C15H22N2O2/c16-14-8-4-5-12(14)11-15(18)17-9-10-19-13-6-2-1-3-7-13/h1-3,6-7,12,14H,4-5,8-11,16H2,(H,17,18)/t12-,14+/m0/s1. The highest BCUT2D eigenvalue weighted by Gasteiger charge is 2.25. The fraction of sp³-hybridized carbons (Fsp3) is 0.533. The van der Waals surface area contributed by atoms with Crippen LogP contribution >= 0.6 is 0 Å². The average molecular weight is 262 g/mol. The van der Waals surface area contributed by atoms with Crippen molar-refractivity contribution in [3.63, 3.8) is 0 Å². The van der Waals surface area contributed by atoms with Gasteiger partial charge in [-0.3, -0.25) is 4.79 Å². The van der Waals surface area contributed by atoms with Crippen molar-refractivity contribution in [2.75, 3.05) is 13.2 Å². The predicted molar refractivity (Wildman–Crippen MR) is 74.9 cm³/mol. The topological polar surface area (TPSA) is 64.4 Å². The van der Waals surface area contributed by atoms with Crippen LogP contribution in [0.4, 0.5) is 0 Å². The minimum atomic E-state index is 0.0824. The number of hydrogen-bond donors (Lipinski definition) is 2. The molecule has 1 aromatic rings. The number of benzene rings is 1. The second kappa shape index (κ2) is 7.14. The highest BCUT2D eigenvalue weighted by atomic mass is 16.5. The van der Waals surface area contributed by atoms with Crippen molar-refractivity contribution in [3.8, 4) is 5.75 Å². The number of carbonyl (C=O) groups excluding carboxylic acids is 1. The maximum atomic E-state index is 11.7. The second-order valence-corrected chi connectivity index (χ2v) is 5.07. The number of nitrogens with one attached hydrogen (secondary N) is 1. The summed E-state index contributed by atoms with van der Waals surface area (Å²) in [7, 11) is 0. The molecule has 19 heavy (non-hydrogen) atoms. The Morgan fingerprint density at radius 2 is 2.11 bits per heavy atom. The molecule has 0 saturated heterocycles. The molecule has 0 heterocycles. The molecular formula is C15H22N2O2. The summed E-state index contributed by atoms with van der Waals surface area (Å²) in [5.74, 6) is 1.27. The Labute approximate surface area is 114 Å². The summed E-state index contributed by atoms with van der Waals surface area (Å²) in [5.41, 5.74) is 5.95. The van der Waals surface area contributed by atoms with Crippen LogP contribution in [0.15, 0.2) is 30.3 Å². The fourth-order valence-corrected chi connectivity index (χ4v) is 2.51. The average Bonchev–Trinajstić information content (AvgIpc) is 2.82. The molecule has 0 aromatic heterocycles. The first-order valence-electron chi connectivity index (χ1n) is 6.96. The maximum absolute atomic E-state index is 11.7. The molecule has 2 atom stereocenters. The zero-order valence-corrected chi connectivity index (χ0v) is 11.2. The normalized spacial score (nSPS) is 22.2. The van der Waals surface area contributed by atoms with E-state index in [0.717, 1.165) is 25.0 Å². The molecule has 1 fully saturated rings. The van der Waals surface area contributed by atoms with E-state index in [2.05, 4.69) is 5.32 Å². The lowest BCUT2D eigenvalue weighted by Gasteiger charge is -2.14. The van der Waals surface area contributed by atoms with Gasteiger partial charge in [0, 0.05) is 12.5 Å². The fourth-order valence-electron chi connectivity index (χ4n) is 2.51. The van der Waals surface area contributed by atoms with Gasteiger partial charge in [-0.15, -0.1) is 0 Å². The molecule has 0 spiro atoms. The Morgan fingerprint density at radius 3 is 2.79 bits per heavy atom. The van der Waals surface area contributed by atoms with Crippen molar-refractivity contribution in [1.29, 1.82) is 0 Å². The minimum Gasteiger partial charge on any atom is -0.492 e. The van der Waals surface area contributed by atoms with Gasteiger partial charge in [-0.1, -0.05) is 24.6 Å². The molecular weight excluding hydrogens is 240 g/mol. The van der Waals surface area contributed by atoms with Gasteiger partial charge in [0.1, 0.15) is 12.4 Å². The second-order valence-electron chi connectivity index (χ2n) is 5.07. The SMILES string of the molecule is N[C@@H]1CCC[C@H]1CC(=O)NCCOc1ccccc1. The van der Waals surface area contributed by atoms with Crippen molar-refractivity contribution in [2.45, 2.75) is 31.7 Å². The molecule has 2 rings (SSSR count). The third-order valence-corrected chi connectivity index (χ3v) is 3.60. The van der Waals surface area contributed by atoms with Crippen LogP contribution in [-0.4, -0.2) is 25.1 Å². The Morgan fingerprint density at radius 1 is 1.32 bits per heavy atom. The minimum absolute atomic E-state index is 0.0824. The first-order chi connectivity index (χ1) is 9.25. The molecule has 3 N–H and O–H groups in total. The summed E-state index contributed by atoms with van der Waals surface area (Å²) in [4.78, 5) is 11.7. The van der Waals surface area contributed by atoms with Gasteiger partial charge in [-0.2, -0.15) is 0 Å². The van der Waals surface area contributed by atoms with E-state index in [1.807, 2.05) is 30.3 Å². The van der Waals surface area contributed by atoms with E-state index in [1.165, 1.54) is 0 Å². The van der Waals surface area contributed by atoms with Crippen LogP contribution in [-0.2, 0) is 4.79 Å². The smallest absolute Gasteiger partial charge is 0.220 e. The lowest BCUT2D eigenvalue weighted by Crippen LogP contribution is -2.33. The quantitative estimate of drug-likeness (QED) is 0.767. The Balaban J connectivity index is 1.59. The number of rotatable bonds is 6. The molecule has 0 unspecified atom stereocenters. The Kier molecular flexibility index (Phi) is 5.21. The first kappa shape index (κ1) is 13.9. The predicted octanol–water partition coefficient (Wildman–Crippen LogP) is 1.70. The largest absolute Gasteiger partial charge is 0.492 e. The zero-order valence-electron chi connectivity index (χ0n) is 11.2. The number of amides is 1. The number of para-hydroxylation sites is 1. The van der Waals surface area contributed by atoms with Gasteiger partial charge in [0.25, 0.3) is 0 Å². The van der Waals surface area contributed by atoms with Gasteiger partial charge in [-0.05, 0) is 30.9 Å². The molecule has 4 heteroatoms. The third kappa shape index (κ3) is 4.56. The zero-order chi connectivity index (χ0) is 13.5. The van der Waals surface area contributed by atoms with Gasteiger partial charge in [-0.25, -0.2) is 0 Å². The van der Waals surface area contributed by atoms with Gasteiger partial charge in [0.05, 0.1) is 6.54 Å².